The number of aliphatic hydroxyl groups is 2. The molecule has 0 unspecified atom stereocenters. The minimum Gasteiger partial charge on any atom is -0.392 e. The topological polar surface area (TPSA) is 83.5 Å². The van der Waals surface area contributed by atoms with Crippen molar-refractivity contribution in [2.24, 2.45) is 23.5 Å². The monoisotopic (exact) mass is 363 g/mol. The third-order valence-corrected chi connectivity index (χ3v) is 6.11. The number of carbonyl (C=O) groups excluding carboxylic acids is 1. The molecule has 0 saturated heterocycles. The molecule has 26 heavy (non-hydrogen) atoms. The van der Waals surface area contributed by atoms with E-state index in [0.29, 0.717) is 24.7 Å². The molecular formula is C22H37NO3. The van der Waals surface area contributed by atoms with Gasteiger partial charge in [-0.15, -0.1) is 0 Å². The zero-order valence-electron chi connectivity index (χ0n) is 16.5. The number of nitrogens with two attached hydrogens (primary N) is 1. The van der Waals surface area contributed by atoms with Crippen molar-refractivity contribution in [2.45, 2.75) is 89.8 Å². The molecule has 0 aliphatic heterocycles. The number of aliphatic hydroxyl groups excluding tert-OH is 1. The summed E-state index contributed by atoms with van der Waals surface area (Å²) >= 11 is 0. The Morgan fingerprint density at radius 3 is 2.85 bits per heavy atom. The molecule has 1 fully saturated rings. The van der Waals surface area contributed by atoms with E-state index in [0.717, 1.165) is 51.4 Å². The zero-order chi connectivity index (χ0) is 19.2. The number of primary amides is 1. The van der Waals surface area contributed by atoms with Crippen LogP contribution in [0.15, 0.2) is 23.8 Å². The molecule has 0 spiro atoms. The Morgan fingerprint density at radius 1 is 1.38 bits per heavy atom. The molecule has 1 amide bonds. The molecule has 0 heterocycles. The fourth-order valence-corrected chi connectivity index (χ4v) is 4.58. The first-order chi connectivity index (χ1) is 12.3. The van der Waals surface area contributed by atoms with Crippen molar-refractivity contribution >= 4 is 5.91 Å². The van der Waals surface area contributed by atoms with Crippen molar-refractivity contribution in [2.75, 3.05) is 0 Å². The summed E-state index contributed by atoms with van der Waals surface area (Å²) in [5.41, 5.74) is 6.02. The Balaban J connectivity index is 1.81. The van der Waals surface area contributed by atoms with Gasteiger partial charge in [0.2, 0.25) is 5.91 Å². The number of carbonyl (C=O) groups is 1. The second kappa shape index (κ2) is 9.70. The molecule has 2 aliphatic carbocycles. The number of amides is 1. The molecule has 5 atom stereocenters. The van der Waals surface area contributed by atoms with E-state index >= 15 is 0 Å². The van der Waals surface area contributed by atoms with Crippen LogP contribution < -0.4 is 5.73 Å². The van der Waals surface area contributed by atoms with Gasteiger partial charge in [-0.05, 0) is 63.7 Å². The Bertz CT molecular complexity index is 523. The minimum absolute atomic E-state index is 0.196. The number of hydrogen-bond acceptors (Lipinski definition) is 3. The predicted octanol–water partition coefficient (Wildman–Crippen LogP) is 3.86. The van der Waals surface area contributed by atoms with Crippen molar-refractivity contribution in [3.05, 3.63) is 23.8 Å². The fourth-order valence-electron chi connectivity index (χ4n) is 4.58. The first kappa shape index (κ1) is 21.2. The van der Waals surface area contributed by atoms with Crippen LogP contribution in [-0.2, 0) is 4.79 Å². The first-order valence-corrected chi connectivity index (χ1v) is 10.4. The molecule has 2 aliphatic rings. The molecular weight excluding hydrogens is 326 g/mol. The standard InChI is InChI=1S/C22H37NO3/c1-3-4-11-22(2,26)12-7-9-18-19-14-16(8-5-6-10-21(23)25)13-17(19)15-20(18)24/h7,9,13,17-20,24,26H,3-6,8,10-12,14-15H2,1-2H3,(H2,23,25)/b9-7+/t17-,18+,19-,20+,22+/m0/s1. The molecule has 148 valence electrons. The third-order valence-electron chi connectivity index (χ3n) is 6.11. The van der Waals surface area contributed by atoms with Gasteiger partial charge in [0.15, 0.2) is 0 Å². The van der Waals surface area contributed by atoms with E-state index in [-0.39, 0.29) is 17.9 Å². The van der Waals surface area contributed by atoms with E-state index in [1.54, 1.807) is 0 Å². The molecule has 4 nitrogen and oxygen atoms in total. The largest absolute Gasteiger partial charge is 0.392 e. The normalized spacial score (nSPS) is 30.4. The number of rotatable bonds is 11. The summed E-state index contributed by atoms with van der Waals surface area (Å²) in [6.07, 6.45) is 15.2. The summed E-state index contributed by atoms with van der Waals surface area (Å²) in [5.74, 6) is 0.950. The second-order valence-electron chi connectivity index (χ2n) is 8.64. The van der Waals surface area contributed by atoms with Crippen LogP contribution in [0.2, 0.25) is 0 Å². The summed E-state index contributed by atoms with van der Waals surface area (Å²) in [7, 11) is 0. The quantitative estimate of drug-likeness (QED) is 0.385. The number of allylic oxidation sites excluding steroid dienone is 2. The average molecular weight is 364 g/mol. The van der Waals surface area contributed by atoms with Crippen molar-refractivity contribution < 1.29 is 15.0 Å². The molecule has 0 aromatic rings. The minimum atomic E-state index is -0.644. The second-order valence-corrected chi connectivity index (χ2v) is 8.64. The van der Waals surface area contributed by atoms with Gasteiger partial charge < -0.3 is 15.9 Å². The van der Waals surface area contributed by atoms with Crippen molar-refractivity contribution in [1.82, 2.24) is 0 Å². The lowest BCUT2D eigenvalue weighted by Crippen LogP contribution is -2.23. The van der Waals surface area contributed by atoms with Gasteiger partial charge in [-0.1, -0.05) is 43.6 Å². The molecule has 2 rings (SSSR count). The molecule has 1 saturated carbocycles. The van der Waals surface area contributed by atoms with Crippen molar-refractivity contribution in [3.8, 4) is 0 Å². The highest BCUT2D eigenvalue weighted by molar-refractivity contribution is 5.73. The Hall–Kier alpha value is -1.13. The third kappa shape index (κ3) is 6.24. The Morgan fingerprint density at radius 2 is 2.15 bits per heavy atom. The van der Waals surface area contributed by atoms with E-state index in [4.69, 9.17) is 5.73 Å². The predicted molar refractivity (Wildman–Crippen MR) is 105 cm³/mol. The highest BCUT2D eigenvalue weighted by atomic mass is 16.3. The number of fused-ring (bicyclic) bond motifs is 1. The van der Waals surface area contributed by atoms with Crippen molar-refractivity contribution in [3.63, 3.8) is 0 Å². The van der Waals surface area contributed by atoms with Crippen LogP contribution in [0.4, 0.5) is 0 Å². The van der Waals surface area contributed by atoms with Gasteiger partial charge in [0, 0.05) is 12.3 Å². The summed E-state index contributed by atoms with van der Waals surface area (Å²) < 4.78 is 0. The average Bonchev–Trinajstić information content (AvgIpc) is 3.07. The summed E-state index contributed by atoms with van der Waals surface area (Å²) in [4.78, 5) is 10.8. The molecule has 4 N–H and O–H groups in total. The SMILES string of the molecule is CCCC[C@@](C)(O)C/C=C/[C@@H]1[C@H]2CC(CCCCC(N)=O)=C[C@H]2C[C@H]1O. The first-order valence-electron chi connectivity index (χ1n) is 10.4. The Labute approximate surface area is 158 Å². The molecule has 0 bridgehead atoms. The van der Waals surface area contributed by atoms with Crippen molar-refractivity contribution in [1.29, 1.82) is 0 Å². The molecule has 0 radical (unpaired) electrons. The Kier molecular flexibility index (Phi) is 7.90. The van der Waals surface area contributed by atoms with Gasteiger partial charge in [-0.2, -0.15) is 0 Å². The highest BCUT2D eigenvalue weighted by Crippen LogP contribution is 2.48. The smallest absolute Gasteiger partial charge is 0.217 e. The maximum Gasteiger partial charge on any atom is 0.217 e. The molecule has 0 aromatic carbocycles. The lowest BCUT2D eigenvalue weighted by Gasteiger charge is -2.22. The fraction of sp³-hybridized carbons (Fsp3) is 0.773. The zero-order valence-corrected chi connectivity index (χ0v) is 16.5. The van der Waals surface area contributed by atoms with Gasteiger partial charge in [0.1, 0.15) is 0 Å². The van der Waals surface area contributed by atoms with Crippen LogP contribution in [0.3, 0.4) is 0 Å². The lowest BCUT2D eigenvalue weighted by atomic mass is 9.87. The van der Waals surface area contributed by atoms with Gasteiger partial charge in [-0.25, -0.2) is 0 Å². The summed E-state index contributed by atoms with van der Waals surface area (Å²) in [5, 5.41) is 20.9. The summed E-state index contributed by atoms with van der Waals surface area (Å²) in [6, 6.07) is 0. The summed E-state index contributed by atoms with van der Waals surface area (Å²) in [6.45, 7) is 4.04. The number of unbranched alkanes of at least 4 members (excludes halogenated alkanes) is 2. The highest BCUT2D eigenvalue weighted by Gasteiger charge is 2.43. The van der Waals surface area contributed by atoms with Gasteiger partial charge in [0.25, 0.3) is 0 Å². The lowest BCUT2D eigenvalue weighted by molar-refractivity contribution is -0.118. The van der Waals surface area contributed by atoms with Crippen LogP contribution in [-0.4, -0.2) is 27.8 Å². The maximum atomic E-state index is 10.8. The van der Waals surface area contributed by atoms with E-state index < -0.39 is 5.60 Å². The van der Waals surface area contributed by atoms with E-state index in [2.05, 4.69) is 25.2 Å². The van der Waals surface area contributed by atoms with E-state index in [9.17, 15) is 15.0 Å². The molecule has 0 aromatic heterocycles. The van der Waals surface area contributed by atoms with Crippen LogP contribution in [0.25, 0.3) is 0 Å². The molecule has 4 heteroatoms. The van der Waals surface area contributed by atoms with Gasteiger partial charge >= 0.3 is 0 Å². The van der Waals surface area contributed by atoms with Crippen LogP contribution in [0.5, 0.6) is 0 Å². The van der Waals surface area contributed by atoms with Crippen LogP contribution in [0.1, 0.15) is 78.1 Å². The maximum absolute atomic E-state index is 10.8. The van der Waals surface area contributed by atoms with E-state index in [1.165, 1.54) is 5.57 Å². The van der Waals surface area contributed by atoms with Gasteiger partial charge in [-0.3, -0.25) is 4.79 Å². The van der Waals surface area contributed by atoms with Gasteiger partial charge in [0.05, 0.1) is 11.7 Å². The van der Waals surface area contributed by atoms with E-state index in [1.807, 2.05) is 6.92 Å². The van der Waals surface area contributed by atoms with Crippen LogP contribution >= 0.6 is 0 Å². The van der Waals surface area contributed by atoms with Crippen LogP contribution in [0, 0.1) is 17.8 Å². The number of hydrogen-bond donors (Lipinski definition) is 3.